The van der Waals surface area contributed by atoms with E-state index in [0.717, 1.165) is 0 Å². The molecular weight excluding hydrogens is 230 g/mol. The van der Waals surface area contributed by atoms with Gasteiger partial charge >= 0.3 is 6.09 Å². The maximum Gasteiger partial charge on any atom is 0.413 e. The van der Waals surface area contributed by atoms with Gasteiger partial charge in [0.25, 0.3) is 0 Å². The van der Waals surface area contributed by atoms with Crippen LogP contribution in [0.15, 0.2) is 18.2 Å². The summed E-state index contributed by atoms with van der Waals surface area (Å²) >= 11 is 0. The van der Waals surface area contributed by atoms with Gasteiger partial charge in [0.05, 0.1) is 5.69 Å². The summed E-state index contributed by atoms with van der Waals surface area (Å²) in [5, 5.41) is 11.3. The maximum absolute atomic E-state index is 11.6. The van der Waals surface area contributed by atoms with E-state index in [2.05, 4.69) is 10.3 Å². The number of nitrogens with one attached hydrogen (secondary N) is 1. The summed E-state index contributed by atoms with van der Waals surface area (Å²) in [5.41, 5.74) is -0.0751. The van der Waals surface area contributed by atoms with Crippen LogP contribution >= 0.6 is 0 Å². The molecular formula is C11H18B2N2O3. The summed E-state index contributed by atoms with van der Waals surface area (Å²) in [6.07, 6.45) is -0.567. The Bertz CT molecular complexity index is 439. The summed E-state index contributed by atoms with van der Waals surface area (Å²) in [7, 11) is 3.26. The second-order valence-electron chi connectivity index (χ2n) is 5.59. The molecule has 1 heterocycles. The van der Waals surface area contributed by atoms with E-state index in [1.807, 2.05) is 0 Å². The van der Waals surface area contributed by atoms with Gasteiger partial charge < -0.3 is 9.84 Å². The van der Waals surface area contributed by atoms with Gasteiger partial charge in [0, 0.05) is 5.40 Å². The van der Waals surface area contributed by atoms with Crippen molar-refractivity contribution < 1.29 is 14.6 Å². The van der Waals surface area contributed by atoms with Gasteiger partial charge in [-0.3, -0.25) is 5.32 Å². The Balaban J connectivity index is 2.77. The summed E-state index contributed by atoms with van der Waals surface area (Å²) in [6, 6.07) is 5.05. The van der Waals surface area contributed by atoms with Crippen molar-refractivity contribution in [1.29, 1.82) is 0 Å². The molecule has 0 spiro atoms. The van der Waals surface area contributed by atoms with E-state index in [9.17, 15) is 9.90 Å². The fourth-order valence-corrected chi connectivity index (χ4v) is 1.25. The van der Waals surface area contributed by atoms with Crippen molar-refractivity contribution in [2.24, 2.45) is 0 Å². The number of rotatable bonds is 2. The van der Waals surface area contributed by atoms with Crippen LogP contribution in [0.3, 0.4) is 0 Å². The van der Waals surface area contributed by atoms with Gasteiger partial charge in [-0.05, 0) is 32.9 Å². The van der Waals surface area contributed by atoms with Crippen LogP contribution in [0.1, 0.15) is 26.5 Å². The number of nitrogens with zero attached hydrogens (tertiary/aromatic N) is 1. The topological polar surface area (TPSA) is 71.5 Å². The third kappa shape index (κ3) is 4.79. The molecule has 1 amide bonds. The highest BCUT2D eigenvalue weighted by molar-refractivity contribution is 6.38. The number of aromatic nitrogens is 1. The molecule has 1 aromatic rings. The van der Waals surface area contributed by atoms with Crippen molar-refractivity contribution in [3.63, 3.8) is 0 Å². The van der Waals surface area contributed by atoms with Gasteiger partial charge in [-0.2, -0.15) is 0 Å². The third-order valence-corrected chi connectivity index (χ3v) is 2.00. The lowest BCUT2D eigenvalue weighted by molar-refractivity contribution is 0.0635. The van der Waals surface area contributed by atoms with Crippen molar-refractivity contribution >= 4 is 27.6 Å². The van der Waals surface area contributed by atoms with E-state index in [4.69, 9.17) is 4.74 Å². The van der Waals surface area contributed by atoms with Crippen LogP contribution in [0.2, 0.25) is 0 Å². The zero-order valence-corrected chi connectivity index (χ0v) is 11.4. The molecule has 0 saturated heterocycles. The monoisotopic (exact) mass is 248 g/mol. The van der Waals surface area contributed by atoms with Crippen LogP contribution in [0, 0.1) is 0 Å². The van der Waals surface area contributed by atoms with E-state index in [1.165, 1.54) is 0 Å². The largest absolute Gasteiger partial charge is 0.444 e. The summed E-state index contributed by atoms with van der Waals surface area (Å²) < 4.78 is 5.11. The number of carbonyl (C=O) groups excluding carboxylic acids is 1. The smallest absolute Gasteiger partial charge is 0.413 e. The van der Waals surface area contributed by atoms with Crippen molar-refractivity contribution in [3.05, 3.63) is 23.9 Å². The van der Waals surface area contributed by atoms with Gasteiger partial charge in [-0.25, -0.2) is 9.78 Å². The number of anilines is 1. The number of carbonyl (C=O) groups is 1. The maximum atomic E-state index is 11.6. The van der Waals surface area contributed by atoms with E-state index in [1.54, 1.807) is 54.7 Å². The van der Waals surface area contributed by atoms with Gasteiger partial charge in [-0.15, -0.1) is 0 Å². The van der Waals surface area contributed by atoms with Gasteiger partial charge in [0.2, 0.25) is 0 Å². The first-order valence-electron chi connectivity index (χ1n) is 5.78. The molecule has 18 heavy (non-hydrogen) atoms. The zero-order valence-electron chi connectivity index (χ0n) is 11.4. The van der Waals surface area contributed by atoms with Crippen molar-refractivity contribution in [3.8, 4) is 0 Å². The standard InChI is InChI=1S/C11H18B2N2O3/c1-10(2,3)18-9(16)15-8-6-4-5-7(14-8)11(12,13)17/h4-6,17H,12-13H2,1-3H3,(H,14,15,16). The molecule has 0 aromatic carbocycles. The lowest BCUT2D eigenvalue weighted by atomic mass is 9.63. The average Bonchev–Trinajstić information content (AvgIpc) is 2.13. The molecule has 1 aromatic heterocycles. The van der Waals surface area contributed by atoms with Gasteiger partial charge in [0.15, 0.2) is 0 Å². The Morgan fingerprint density at radius 1 is 1.39 bits per heavy atom. The van der Waals surface area contributed by atoms with Crippen molar-refractivity contribution in [1.82, 2.24) is 4.98 Å². The number of hydrogen-bond donors (Lipinski definition) is 2. The normalized spacial score (nSPS) is 12.0. The van der Waals surface area contributed by atoms with E-state index >= 15 is 0 Å². The van der Waals surface area contributed by atoms with E-state index in [0.29, 0.717) is 11.5 Å². The molecule has 5 nitrogen and oxygen atoms in total. The second kappa shape index (κ2) is 5.02. The Kier molecular flexibility index (Phi) is 4.06. The Hall–Kier alpha value is -1.49. The highest BCUT2D eigenvalue weighted by Crippen LogP contribution is 2.14. The lowest BCUT2D eigenvalue weighted by Gasteiger charge is -2.20. The fourth-order valence-electron chi connectivity index (χ4n) is 1.25. The molecule has 0 aliphatic heterocycles. The molecule has 0 bridgehead atoms. The Labute approximate surface area is 109 Å². The van der Waals surface area contributed by atoms with E-state index in [-0.39, 0.29) is 0 Å². The van der Waals surface area contributed by atoms with E-state index < -0.39 is 17.1 Å². The number of ether oxygens (including phenoxy) is 1. The predicted molar refractivity (Wildman–Crippen MR) is 75.1 cm³/mol. The molecule has 0 unspecified atom stereocenters. The molecule has 0 aliphatic rings. The summed E-state index contributed by atoms with van der Waals surface area (Å²) in [6.45, 7) is 5.35. The van der Waals surface area contributed by atoms with Gasteiger partial charge in [-0.1, -0.05) is 6.07 Å². The summed E-state index contributed by atoms with van der Waals surface area (Å²) in [5.74, 6) is 0.351. The molecule has 0 aliphatic carbocycles. The first-order valence-corrected chi connectivity index (χ1v) is 5.78. The minimum absolute atomic E-state index is 0.351. The summed E-state index contributed by atoms with van der Waals surface area (Å²) in [4.78, 5) is 15.7. The van der Waals surface area contributed by atoms with Crippen LogP contribution < -0.4 is 5.32 Å². The molecule has 0 atom stereocenters. The number of hydrogen-bond acceptors (Lipinski definition) is 4. The molecule has 0 radical (unpaired) electrons. The third-order valence-electron chi connectivity index (χ3n) is 2.00. The highest BCUT2D eigenvalue weighted by atomic mass is 16.6. The Morgan fingerprint density at radius 3 is 2.50 bits per heavy atom. The van der Waals surface area contributed by atoms with Crippen LogP contribution in [-0.2, 0) is 10.1 Å². The first kappa shape index (κ1) is 14.6. The van der Waals surface area contributed by atoms with Crippen LogP contribution in [0.4, 0.5) is 10.6 Å². The van der Waals surface area contributed by atoms with Crippen LogP contribution in [-0.4, -0.2) is 37.5 Å². The van der Waals surface area contributed by atoms with Crippen molar-refractivity contribution in [2.75, 3.05) is 5.32 Å². The van der Waals surface area contributed by atoms with Crippen LogP contribution in [0.25, 0.3) is 0 Å². The zero-order chi connectivity index (χ0) is 14.0. The fraction of sp³-hybridized carbons (Fsp3) is 0.455. The molecule has 0 saturated carbocycles. The van der Waals surface area contributed by atoms with Crippen LogP contribution in [0.5, 0.6) is 0 Å². The Morgan fingerprint density at radius 2 is 2.00 bits per heavy atom. The van der Waals surface area contributed by atoms with Crippen molar-refractivity contribution in [2.45, 2.75) is 31.8 Å². The lowest BCUT2D eigenvalue weighted by Crippen LogP contribution is -2.29. The molecule has 7 heteroatoms. The molecule has 2 N–H and O–H groups in total. The second-order valence-corrected chi connectivity index (χ2v) is 5.59. The number of aliphatic hydroxyl groups is 1. The molecule has 0 fully saturated rings. The molecule has 1 rings (SSSR count). The minimum atomic E-state index is -1.05. The van der Waals surface area contributed by atoms with Gasteiger partial charge in [0.1, 0.15) is 27.1 Å². The minimum Gasteiger partial charge on any atom is -0.444 e. The number of pyridine rings is 1. The molecule has 96 valence electrons. The predicted octanol–water partition coefficient (Wildman–Crippen LogP) is -0.203. The average molecular weight is 248 g/mol. The number of amides is 1. The first-order chi connectivity index (χ1) is 8.08. The SMILES string of the molecule is BC(B)(O)c1cccc(NC(=O)OC(C)(C)C)n1. The quantitative estimate of drug-likeness (QED) is 0.710. The highest BCUT2D eigenvalue weighted by Gasteiger charge is 2.19.